The molecule has 1 aliphatic carbocycles. The van der Waals surface area contributed by atoms with Gasteiger partial charge in [-0.1, -0.05) is 5.57 Å². The van der Waals surface area contributed by atoms with Crippen LogP contribution in [0.1, 0.15) is 39.4 Å². The van der Waals surface area contributed by atoms with Gasteiger partial charge in [0, 0.05) is 26.3 Å². The van der Waals surface area contributed by atoms with Gasteiger partial charge < -0.3 is 0 Å². The summed E-state index contributed by atoms with van der Waals surface area (Å²) in [5.41, 5.74) is 5.55. The lowest BCUT2D eigenvalue weighted by molar-refractivity contribution is 0.0775. The molecule has 1 atom stereocenters. The minimum atomic E-state index is -0.747. The summed E-state index contributed by atoms with van der Waals surface area (Å²) in [6.45, 7) is 5.32. The van der Waals surface area contributed by atoms with Crippen LogP contribution in [0, 0.1) is 25.1 Å². The van der Waals surface area contributed by atoms with E-state index in [-0.39, 0.29) is 11.6 Å². The molecule has 6 rings (SSSR count). The zero-order valence-electron chi connectivity index (χ0n) is 21.0. The summed E-state index contributed by atoms with van der Waals surface area (Å²) >= 11 is 1.64. The van der Waals surface area contributed by atoms with Crippen LogP contribution >= 0.6 is 11.9 Å². The van der Waals surface area contributed by atoms with Crippen molar-refractivity contribution in [3.05, 3.63) is 94.5 Å². The molecule has 0 saturated carbocycles. The van der Waals surface area contributed by atoms with E-state index in [1.165, 1.54) is 12.1 Å². The van der Waals surface area contributed by atoms with Crippen LogP contribution < -0.4 is 0 Å². The van der Waals surface area contributed by atoms with Crippen LogP contribution in [0.25, 0.3) is 11.8 Å². The molecule has 0 bridgehead atoms. The molecule has 7 nitrogen and oxygen atoms in total. The Morgan fingerprint density at radius 3 is 2.68 bits per heavy atom. The van der Waals surface area contributed by atoms with Gasteiger partial charge in [0.2, 0.25) is 0 Å². The number of carbonyl (C=O) groups is 1. The first-order valence-electron chi connectivity index (χ1n) is 12.3. The second-order valence-corrected chi connectivity index (χ2v) is 11.0. The van der Waals surface area contributed by atoms with Crippen LogP contribution in [-0.2, 0) is 13.5 Å². The average Bonchev–Trinajstić information content (AvgIpc) is 3.43. The highest BCUT2D eigenvalue weighted by atomic mass is 32.2. The lowest BCUT2D eigenvalue weighted by Gasteiger charge is -2.44. The molecule has 0 N–H and O–H groups in total. The van der Waals surface area contributed by atoms with E-state index in [2.05, 4.69) is 31.6 Å². The number of hydrogen-bond acceptors (Lipinski definition) is 6. The first kappa shape index (κ1) is 23.8. The molecule has 0 radical (unpaired) electrons. The average molecular weight is 515 g/mol. The van der Waals surface area contributed by atoms with Gasteiger partial charge >= 0.3 is 0 Å². The van der Waals surface area contributed by atoms with Gasteiger partial charge in [-0.15, -0.1) is 0 Å². The van der Waals surface area contributed by atoms with Crippen molar-refractivity contribution in [2.45, 2.75) is 31.7 Å². The Kier molecular flexibility index (Phi) is 5.84. The van der Waals surface area contributed by atoms with Gasteiger partial charge in [-0.25, -0.2) is 13.4 Å². The number of halogens is 1. The Balaban J connectivity index is 1.41. The molecule has 3 aromatic heterocycles. The van der Waals surface area contributed by atoms with Gasteiger partial charge in [0.25, 0.3) is 0 Å². The molecule has 1 aliphatic heterocycles. The number of pyridine rings is 1. The maximum Gasteiger partial charge on any atom is 0.193 e. The quantitative estimate of drug-likeness (QED) is 0.276. The van der Waals surface area contributed by atoms with Crippen molar-refractivity contribution in [2.75, 3.05) is 13.1 Å². The second kappa shape index (κ2) is 9.08. The van der Waals surface area contributed by atoms with E-state index in [0.717, 1.165) is 51.8 Å². The van der Waals surface area contributed by atoms with Crippen LogP contribution in [0.2, 0.25) is 0 Å². The number of fused-ring (bicyclic) bond motifs is 2. The number of carbonyl (C=O) groups excluding carboxylic acids is 1. The smallest absolute Gasteiger partial charge is 0.193 e. The number of ketones is 1. The van der Waals surface area contributed by atoms with E-state index in [1.807, 2.05) is 48.6 Å². The molecule has 2 aliphatic rings. The van der Waals surface area contributed by atoms with Crippen molar-refractivity contribution in [1.29, 1.82) is 0 Å². The van der Waals surface area contributed by atoms with Crippen molar-refractivity contribution < 1.29 is 9.18 Å². The maximum absolute atomic E-state index is 14.3. The summed E-state index contributed by atoms with van der Waals surface area (Å²) in [6, 6.07) is 12.2. The Bertz CT molecular complexity index is 1540. The number of hydrogen-bond donors (Lipinski definition) is 0. The van der Waals surface area contributed by atoms with E-state index >= 15 is 0 Å². The fourth-order valence-corrected chi connectivity index (χ4v) is 6.51. The number of benzene rings is 1. The third kappa shape index (κ3) is 4.22. The summed E-state index contributed by atoms with van der Waals surface area (Å²) in [5.74, 6) is -0.249. The Morgan fingerprint density at radius 2 is 1.95 bits per heavy atom. The Hall–Kier alpha value is -3.56. The largest absolute Gasteiger partial charge is 0.291 e. The van der Waals surface area contributed by atoms with Crippen molar-refractivity contribution >= 4 is 23.8 Å². The standard InChI is InChI=1S/C28H27FN6OS/c1-18-8-10-30-24(12-18)27(36)28-15-20-16-31-35(23-6-4-22(29)5-7-23)25(20)14-21(28)9-11-34(17-28)37-26-13-19(2)32-33(26)3/h4-8,10,12-14,16H,9,11,15,17H2,1-3H3/t28-/m0/s1. The molecule has 1 aromatic carbocycles. The number of rotatable bonds is 5. The zero-order valence-corrected chi connectivity index (χ0v) is 21.8. The lowest BCUT2D eigenvalue weighted by atomic mass is 9.65. The van der Waals surface area contributed by atoms with Crippen molar-refractivity contribution in [1.82, 2.24) is 28.9 Å². The monoisotopic (exact) mass is 514 g/mol. The summed E-state index contributed by atoms with van der Waals surface area (Å²) < 4.78 is 19.5. The van der Waals surface area contributed by atoms with Gasteiger partial charge in [-0.05, 0) is 98.3 Å². The molecule has 37 heavy (non-hydrogen) atoms. The number of aromatic nitrogens is 5. The number of Topliss-reactive ketones (excluding diaryl/α,β-unsaturated/α-hetero) is 1. The highest BCUT2D eigenvalue weighted by Gasteiger charge is 2.49. The predicted molar refractivity (Wildman–Crippen MR) is 141 cm³/mol. The van der Waals surface area contributed by atoms with Crippen molar-refractivity contribution in [3.63, 3.8) is 0 Å². The molecule has 188 valence electrons. The first-order valence-corrected chi connectivity index (χ1v) is 13.0. The third-order valence-electron chi connectivity index (χ3n) is 7.22. The Labute approximate surface area is 219 Å². The minimum Gasteiger partial charge on any atom is -0.291 e. The van der Waals surface area contributed by atoms with E-state index in [4.69, 9.17) is 0 Å². The molecule has 1 saturated heterocycles. The molecular weight excluding hydrogens is 487 g/mol. The van der Waals surface area contributed by atoms with Crippen LogP contribution in [0.4, 0.5) is 4.39 Å². The fourth-order valence-electron chi connectivity index (χ4n) is 5.39. The maximum atomic E-state index is 14.3. The van der Waals surface area contributed by atoms with E-state index in [1.54, 1.807) is 30.3 Å². The number of piperidine rings is 1. The molecular formula is C28H27FN6OS. The normalized spacial score (nSPS) is 19.3. The van der Waals surface area contributed by atoms with E-state index in [0.29, 0.717) is 18.7 Å². The number of nitrogens with zero attached hydrogens (tertiary/aromatic N) is 6. The summed E-state index contributed by atoms with van der Waals surface area (Å²) in [5, 5.41) is 10.2. The van der Waals surface area contributed by atoms with Gasteiger partial charge in [0.1, 0.15) is 16.5 Å². The second-order valence-electron chi connectivity index (χ2n) is 9.87. The molecule has 9 heteroatoms. The molecule has 0 amide bonds. The summed E-state index contributed by atoms with van der Waals surface area (Å²) in [7, 11) is 1.94. The summed E-state index contributed by atoms with van der Waals surface area (Å²) in [4.78, 5) is 18.7. The first-order chi connectivity index (χ1) is 17.8. The highest BCUT2D eigenvalue weighted by Crippen LogP contribution is 2.48. The van der Waals surface area contributed by atoms with Crippen LogP contribution in [0.5, 0.6) is 0 Å². The van der Waals surface area contributed by atoms with Gasteiger partial charge in [-0.2, -0.15) is 10.2 Å². The third-order valence-corrected chi connectivity index (χ3v) is 8.36. The topological polar surface area (TPSA) is 68.8 Å². The number of aryl methyl sites for hydroxylation is 3. The van der Waals surface area contributed by atoms with Gasteiger partial charge in [-0.3, -0.25) is 14.5 Å². The van der Waals surface area contributed by atoms with E-state index < -0.39 is 5.41 Å². The van der Waals surface area contributed by atoms with Crippen LogP contribution in [0.15, 0.2) is 65.5 Å². The summed E-state index contributed by atoms with van der Waals surface area (Å²) in [6.07, 6.45) is 6.94. The van der Waals surface area contributed by atoms with Crippen LogP contribution in [0.3, 0.4) is 0 Å². The molecule has 0 unspecified atom stereocenters. The lowest BCUT2D eigenvalue weighted by Crippen LogP contribution is -2.49. The highest BCUT2D eigenvalue weighted by molar-refractivity contribution is 7.97. The van der Waals surface area contributed by atoms with Crippen molar-refractivity contribution in [2.24, 2.45) is 12.5 Å². The molecule has 0 spiro atoms. The van der Waals surface area contributed by atoms with Crippen molar-refractivity contribution in [3.8, 4) is 5.69 Å². The Morgan fingerprint density at radius 1 is 1.14 bits per heavy atom. The van der Waals surface area contributed by atoms with E-state index in [9.17, 15) is 9.18 Å². The van der Waals surface area contributed by atoms with Gasteiger partial charge in [0.15, 0.2) is 5.78 Å². The predicted octanol–water partition coefficient (Wildman–Crippen LogP) is 4.98. The zero-order chi connectivity index (χ0) is 25.7. The fraction of sp³-hybridized carbons (Fsp3) is 0.286. The van der Waals surface area contributed by atoms with Crippen LogP contribution in [-0.4, -0.2) is 47.7 Å². The molecule has 4 aromatic rings. The molecule has 1 fully saturated rings. The molecule has 4 heterocycles. The SMILES string of the molecule is Cc1ccnc(C(=O)[C@]23Cc4cnn(-c5ccc(F)cc5)c4C=C2CCN(Sc2cc(C)nn2C)C3)c1. The minimum absolute atomic E-state index is 0.0362. The van der Waals surface area contributed by atoms with Gasteiger partial charge in [0.05, 0.1) is 28.7 Å².